The van der Waals surface area contributed by atoms with Gasteiger partial charge in [0.15, 0.2) is 0 Å². The molecule has 2 amide bonds. The summed E-state index contributed by atoms with van der Waals surface area (Å²) in [6, 6.07) is 15.1. The largest absolute Gasteiger partial charge is 0.350 e. The smallest absolute Gasteiger partial charge is 0.252 e. The van der Waals surface area contributed by atoms with Crippen molar-refractivity contribution in [2.24, 2.45) is 0 Å². The van der Waals surface area contributed by atoms with Gasteiger partial charge in [-0.15, -0.1) is 11.8 Å². The summed E-state index contributed by atoms with van der Waals surface area (Å²) >= 11 is 7.79. The first-order chi connectivity index (χ1) is 14.5. The zero-order valence-electron chi connectivity index (χ0n) is 17.4. The standard InChI is InChI=1S/C23H28ClN3O2S/c1-26(2)20(17-9-3-5-11-19(17)24)15-25-23(29)18-10-4-6-12-21(18)30-16-22(28)27-13-7-8-14-27/h3-6,9-12,20H,7-8,13-16H2,1-2H3,(H,25,29). The van der Waals surface area contributed by atoms with E-state index in [1.165, 1.54) is 11.8 Å². The van der Waals surface area contributed by atoms with E-state index in [0.29, 0.717) is 22.9 Å². The Kier molecular flexibility index (Phi) is 8.19. The number of nitrogens with zero attached hydrogens (tertiary/aromatic N) is 2. The number of thioether (sulfide) groups is 1. The van der Waals surface area contributed by atoms with E-state index in [-0.39, 0.29) is 17.9 Å². The van der Waals surface area contributed by atoms with Crippen molar-refractivity contribution in [2.45, 2.75) is 23.8 Å². The number of likely N-dealkylation sites (tertiary alicyclic amines) is 1. The van der Waals surface area contributed by atoms with Gasteiger partial charge in [-0.05, 0) is 50.7 Å². The van der Waals surface area contributed by atoms with Gasteiger partial charge in [-0.3, -0.25) is 9.59 Å². The number of carbonyl (C=O) groups excluding carboxylic acids is 2. The SMILES string of the molecule is CN(C)C(CNC(=O)c1ccccc1SCC(=O)N1CCCC1)c1ccccc1Cl. The average molecular weight is 446 g/mol. The molecular formula is C23H28ClN3O2S. The highest BCUT2D eigenvalue weighted by Gasteiger charge is 2.21. The molecule has 5 nitrogen and oxygen atoms in total. The molecule has 7 heteroatoms. The molecule has 0 aliphatic carbocycles. The van der Waals surface area contributed by atoms with Crippen LogP contribution in [0.3, 0.4) is 0 Å². The average Bonchev–Trinajstić information content (AvgIpc) is 3.28. The Balaban J connectivity index is 1.65. The Bertz CT molecular complexity index is 884. The first-order valence-electron chi connectivity index (χ1n) is 10.2. The fourth-order valence-electron chi connectivity index (χ4n) is 3.58. The second-order valence-electron chi connectivity index (χ2n) is 7.58. The lowest BCUT2D eigenvalue weighted by Crippen LogP contribution is -2.35. The lowest BCUT2D eigenvalue weighted by Gasteiger charge is -2.26. The van der Waals surface area contributed by atoms with Crippen LogP contribution >= 0.6 is 23.4 Å². The summed E-state index contributed by atoms with van der Waals surface area (Å²) in [5, 5.41) is 3.72. The van der Waals surface area contributed by atoms with Gasteiger partial charge in [0.05, 0.1) is 17.4 Å². The molecule has 1 atom stereocenters. The van der Waals surface area contributed by atoms with Crippen LogP contribution in [0, 0.1) is 0 Å². The fraction of sp³-hybridized carbons (Fsp3) is 0.391. The van der Waals surface area contributed by atoms with Crippen LogP contribution in [-0.2, 0) is 4.79 Å². The number of amides is 2. The lowest BCUT2D eigenvalue weighted by atomic mass is 10.1. The number of benzene rings is 2. The van der Waals surface area contributed by atoms with Gasteiger partial charge in [0.25, 0.3) is 5.91 Å². The van der Waals surface area contributed by atoms with Crippen LogP contribution in [0.5, 0.6) is 0 Å². The summed E-state index contributed by atoms with van der Waals surface area (Å²) in [6.07, 6.45) is 2.15. The highest BCUT2D eigenvalue weighted by Crippen LogP contribution is 2.27. The minimum absolute atomic E-state index is 0.0424. The van der Waals surface area contributed by atoms with Gasteiger partial charge in [0.1, 0.15) is 0 Å². The van der Waals surface area contributed by atoms with Gasteiger partial charge in [-0.25, -0.2) is 0 Å². The van der Waals surface area contributed by atoms with Crippen molar-refractivity contribution in [2.75, 3.05) is 39.5 Å². The number of rotatable bonds is 8. The minimum atomic E-state index is -0.148. The van der Waals surface area contributed by atoms with Crippen LogP contribution in [-0.4, -0.2) is 61.1 Å². The van der Waals surface area contributed by atoms with Crippen molar-refractivity contribution in [3.63, 3.8) is 0 Å². The number of hydrogen-bond donors (Lipinski definition) is 1. The quantitative estimate of drug-likeness (QED) is 0.622. The maximum Gasteiger partial charge on any atom is 0.252 e. The van der Waals surface area contributed by atoms with Crippen molar-refractivity contribution in [1.82, 2.24) is 15.1 Å². The molecule has 2 aromatic carbocycles. The molecule has 0 spiro atoms. The molecule has 2 aromatic rings. The molecule has 1 N–H and O–H groups in total. The Hall–Kier alpha value is -2.02. The molecule has 1 heterocycles. The molecule has 1 aliphatic heterocycles. The summed E-state index contributed by atoms with van der Waals surface area (Å²) < 4.78 is 0. The molecule has 1 saturated heterocycles. The normalized spacial score (nSPS) is 14.7. The van der Waals surface area contributed by atoms with E-state index in [2.05, 4.69) is 5.32 Å². The third kappa shape index (κ3) is 5.78. The van der Waals surface area contributed by atoms with Crippen molar-refractivity contribution >= 4 is 35.2 Å². The Morgan fingerprint density at radius 2 is 1.77 bits per heavy atom. The van der Waals surface area contributed by atoms with Crippen LogP contribution in [0.25, 0.3) is 0 Å². The molecule has 1 fully saturated rings. The molecule has 0 aromatic heterocycles. The molecule has 0 bridgehead atoms. The van der Waals surface area contributed by atoms with E-state index in [1.54, 1.807) is 6.07 Å². The van der Waals surface area contributed by atoms with Crippen LogP contribution < -0.4 is 5.32 Å². The summed E-state index contributed by atoms with van der Waals surface area (Å²) in [6.45, 7) is 2.12. The van der Waals surface area contributed by atoms with Crippen molar-refractivity contribution in [1.29, 1.82) is 0 Å². The zero-order valence-corrected chi connectivity index (χ0v) is 19.0. The number of likely N-dealkylation sites (N-methyl/N-ethyl adjacent to an activating group) is 1. The van der Waals surface area contributed by atoms with Gasteiger partial charge in [-0.2, -0.15) is 0 Å². The monoisotopic (exact) mass is 445 g/mol. The Labute approximate surface area is 187 Å². The summed E-state index contributed by atoms with van der Waals surface area (Å²) in [4.78, 5) is 30.1. The third-order valence-corrected chi connectivity index (χ3v) is 6.69. The summed E-state index contributed by atoms with van der Waals surface area (Å²) in [7, 11) is 3.93. The first kappa shape index (κ1) is 22.7. The molecule has 3 rings (SSSR count). The summed E-state index contributed by atoms with van der Waals surface area (Å²) in [5.74, 6) is 0.342. The lowest BCUT2D eigenvalue weighted by molar-refractivity contribution is -0.127. The first-order valence-corrected chi connectivity index (χ1v) is 11.5. The second kappa shape index (κ2) is 10.8. The van der Waals surface area contributed by atoms with Gasteiger partial charge in [0.2, 0.25) is 5.91 Å². The van der Waals surface area contributed by atoms with E-state index in [1.807, 2.05) is 66.4 Å². The summed E-state index contributed by atoms with van der Waals surface area (Å²) in [5.41, 5.74) is 1.57. The van der Waals surface area contributed by atoms with Gasteiger partial charge < -0.3 is 15.1 Å². The van der Waals surface area contributed by atoms with Crippen LogP contribution in [0.2, 0.25) is 5.02 Å². The van der Waals surface area contributed by atoms with E-state index < -0.39 is 0 Å². The van der Waals surface area contributed by atoms with E-state index in [4.69, 9.17) is 11.6 Å². The molecule has 0 saturated carbocycles. The number of halogens is 1. The molecule has 1 aliphatic rings. The van der Waals surface area contributed by atoms with Crippen LogP contribution in [0.15, 0.2) is 53.4 Å². The Morgan fingerprint density at radius 3 is 2.47 bits per heavy atom. The van der Waals surface area contributed by atoms with Crippen LogP contribution in [0.4, 0.5) is 0 Å². The van der Waals surface area contributed by atoms with Crippen molar-refractivity contribution in [3.8, 4) is 0 Å². The predicted molar refractivity (Wildman–Crippen MR) is 123 cm³/mol. The minimum Gasteiger partial charge on any atom is -0.350 e. The van der Waals surface area contributed by atoms with Crippen LogP contribution in [0.1, 0.15) is 34.8 Å². The molecule has 0 radical (unpaired) electrons. The highest BCUT2D eigenvalue weighted by atomic mass is 35.5. The van der Waals surface area contributed by atoms with Gasteiger partial charge in [0, 0.05) is 29.6 Å². The van der Waals surface area contributed by atoms with E-state index in [9.17, 15) is 9.59 Å². The van der Waals surface area contributed by atoms with E-state index >= 15 is 0 Å². The highest BCUT2D eigenvalue weighted by molar-refractivity contribution is 8.00. The third-order valence-electron chi connectivity index (χ3n) is 5.29. The zero-order chi connectivity index (χ0) is 21.5. The predicted octanol–water partition coefficient (Wildman–Crippen LogP) is 4.09. The maximum atomic E-state index is 12.9. The molecular weight excluding hydrogens is 418 g/mol. The van der Waals surface area contributed by atoms with Crippen molar-refractivity contribution < 1.29 is 9.59 Å². The Morgan fingerprint density at radius 1 is 1.10 bits per heavy atom. The number of hydrogen-bond acceptors (Lipinski definition) is 4. The second-order valence-corrected chi connectivity index (χ2v) is 9.01. The van der Waals surface area contributed by atoms with E-state index in [0.717, 1.165) is 36.4 Å². The van der Waals surface area contributed by atoms with Gasteiger partial charge >= 0.3 is 0 Å². The van der Waals surface area contributed by atoms with Gasteiger partial charge in [-0.1, -0.05) is 41.9 Å². The fourth-order valence-corrected chi connectivity index (χ4v) is 4.79. The molecule has 1 unspecified atom stereocenters. The van der Waals surface area contributed by atoms with Crippen molar-refractivity contribution in [3.05, 3.63) is 64.7 Å². The number of nitrogens with one attached hydrogen (secondary N) is 1. The molecule has 160 valence electrons. The molecule has 30 heavy (non-hydrogen) atoms. The topological polar surface area (TPSA) is 52.7 Å². The number of carbonyl (C=O) groups is 2. The maximum absolute atomic E-state index is 12.9.